The van der Waals surface area contributed by atoms with E-state index in [0.717, 1.165) is 12.8 Å². The summed E-state index contributed by atoms with van der Waals surface area (Å²) in [6, 6.07) is 48.4. The van der Waals surface area contributed by atoms with Gasteiger partial charge < -0.3 is 0 Å². The molecule has 0 saturated heterocycles. The third kappa shape index (κ3) is 4.27. The zero-order valence-corrected chi connectivity index (χ0v) is 31.1. The Morgan fingerprint density at radius 2 is 1.02 bits per heavy atom. The van der Waals surface area contributed by atoms with Gasteiger partial charge in [-0.05, 0) is 107 Å². The Labute approximate surface area is 311 Å². The normalized spacial score (nSPS) is 16.5. The quantitative estimate of drug-likeness (QED) is 0.111. The fraction of sp³-hybridized carbons (Fsp3) is 0.176. The Kier molecular flexibility index (Phi) is 6.15. The van der Waals surface area contributed by atoms with Gasteiger partial charge in [0, 0.05) is 29.7 Å². The zero-order valence-electron chi connectivity index (χ0n) is 31.1. The highest BCUT2D eigenvalue weighted by Crippen LogP contribution is 2.51. The Hall–Kier alpha value is -5.86. The number of pyridine rings is 2. The lowest BCUT2D eigenvalue weighted by Crippen LogP contribution is -2.47. The first-order chi connectivity index (χ1) is 25.7. The number of aromatic nitrogens is 2. The summed E-state index contributed by atoms with van der Waals surface area (Å²) < 4.78 is 5.01. The van der Waals surface area contributed by atoms with Crippen LogP contribution in [0.5, 0.6) is 0 Å². The summed E-state index contributed by atoms with van der Waals surface area (Å²) in [5.41, 5.74) is 17.7. The second-order valence-corrected chi connectivity index (χ2v) is 17.0. The minimum Gasteiger partial charge on any atom is -0.158 e. The lowest BCUT2D eigenvalue weighted by molar-refractivity contribution is -0.602. The van der Waals surface area contributed by atoms with Crippen LogP contribution in [0.2, 0.25) is 0 Å². The Balaban J connectivity index is 1.18. The van der Waals surface area contributed by atoms with E-state index in [0.29, 0.717) is 0 Å². The molecule has 1 aliphatic carbocycles. The molecule has 0 amide bonds. The standard InChI is InChI=1S/C51H42N2/c1-50(2,3)33-21-23-53-47(28-33)40-30-45-43(38-18-10-11-19-44(38)51(45,4)5)25-32(40)27-49(53)48-26-31-24-41-36-16-8-6-14-34(36)35-15-7-9-17-37(35)42(41)29-39(31)46-20-12-13-22-52(46)48/h6-25,28-30H,26-27H2,1-5H3/q+2/b49-48+. The number of hydrogen-bond donors (Lipinski definition) is 0. The van der Waals surface area contributed by atoms with Crippen LogP contribution in [0.25, 0.3) is 77.4 Å². The van der Waals surface area contributed by atoms with Crippen molar-refractivity contribution in [3.63, 3.8) is 0 Å². The molecule has 0 radical (unpaired) electrons. The first-order valence-electron chi connectivity index (χ1n) is 19.1. The molecule has 0 N–H and O–H groups in total. The third-order valence-corrected chi connectivity index (χ3v) is 12.6. The van der Waals surface area contributed by atoms with Crippen LogP contribution in [-0.4, -0.2) is 0 Å². The summed E-state index contributed by atoms with van der Waals surface area (Å²) in [5, 5.41) is 7.93. The van der Waals surface area contributed by atoms with Crippen molar-refractivity contribution in [2.45, 2.75) is 58.3 Å². The molecular formula is C51H42N2+2. The highest BCUT2D eigenvalue weighted by molar-refractivity contribution is 6.26. The van der Waals surface area contributed by atoms with E-state index in [4.69, 9.17) is 0 Å². The number of hydrogen-bond acceptors (Lipinski definition) is 0. The van der Waals surface area contributed by atoms with Crippen LogP contribution in [0.15, 0.2) is 140 Å². The maximum atomic E-state index is 2.53. The van der Waals surface area contributed by atoms with Gasteiger partial charge in [0.25, 0.3) is 11.4 Å². The average Bonchev–Trinajstić information content (AvgIpc) is 3.40. The van der Waals surface area contributed by atoms with Gasteiger partial charge in [0.15, 0.2) is 12.4 Å². The smallest absolute Gasteiger partial charge is 0.158 e. The van der Waals surface area contributed by atoms with Crippen molar-refractivity contribution in [2.75, 3.05) is 0 Å². The molecule has 2 nitrogen and oxygen atoms in total. The van der Waals surface area contributed by atoms with E-state index in [-0.39, 0.29) is 10.8 Å². The second kappa shape index (κ2) is 10.6. The van der Waals surface area contributed by atoms with Crippen molar-refractivity contribution in [3.8, 4) is 33.6 Å². The molecule has 2 aromatic heterocycles. The summed E-state index contributed by atoms with van der Waals surface area (Å²) in [6.45, 7) is 11.8. The van der Waals surface area contributed by atoms with Crippen LogP contribution in [0.4, 0.5) is 0 Å². The molecule has 0 fully saturated rings. The van der Waals surface area contributed by atoms with E-state index < -0.39 is 0 Å². The molecule has 11 rings (SSSR count). The Morgan fingerprint density at radius 1 is 0.453 bits per heavy atom. The molecule has 2 heteroatoms. The molecule has 0 atom stereocenters. The van der Waals surface area contributed by atoms with Gasteiger partial charge in [-0.2, -0.15) is 9.13 Å². The van der Waals surface area contributed by atoms with Crippen molar-refractivity contribution >= 4 is 43.7 Å². The highest BCUT2D eigenvalue weighted by atomic mass is 15.1. The molecule has 0 unspecified atom stereocenters. The van der Waals surface area contributed by atoms with E-state index in [1.807, 2.05) is 0 Å². The number of fused-ring (bicyclic) bond motifs is 15. The van der Waals surface area contributed by atoms with Crippen LogP contribution < -0.4 is 9.13 Å². The van der Waals surface area contributed by atoms with Crippen LogP contribution >= 0.6 is 0 Å². The van der Waals surface area contributed by atoms with E-state index >= 15 is 0 Å². The SMILES string of the molecule is CC(C)(C)c1cc[n+]2c(c1)-c1cc3c(cc1C/C2=C1/Cc2cc4c5ccccc5c5ccccc5c4cc2-c2cccc[n+]21)-c1ccccc1C3(C)C. The van der Waals surface area contributed by atoms with Gasteiger partial charge >= 0.3 is 0 Å². The molecule has 8 aromatic rings. The molecule has 0 spiro atoms. The Morgan fingerprint density at radius 3 is 1.72 bits per heavy atom. The predicted octanol–water partition coefficient (Wildman–Crippen LogP) is 11.6. The summed E-state index contributed by atoms with van der Waals surface area (Å²) in [7, 11) is 0. The zero-order chi connectivity index (χ0) is 35.8. The molecule has 3 aliphatic rings. The monoisotopic (exact) mass is 682 g/mol. The van der Waals surface area contributed by atoms with Gasteiger partial charge in [-0.25, -0.2) is 0 Å². The number of rotatable bonds is 0. The van der Waals surface area contributed by atoms with E-state index in [9.17, 15) is 0 Å². The average molecular weight is 683 g/mol. The van der Waals surface area contributed by atoms with Gasteiger partial charge in [-0.1, -0.05) is 107 Å². The summed E-state index contributed by atoms with van der Waals surface area (Å²) in [4.78, 5) is 0. The van der Waals surface area contributed by atoms with Crippen LogP contribution in [0, 0.1) is 0 Å². The van der Waals surface area contributed by atoms with Crippen molar-refractivity contribution < 1.29 is 9.13 Å². The van der Waals surface area contributed by atoms with Gasteiger partial charge in [-0.15, -0.1) is 0 Å². The van der Waals surface area contributed by atoms with Crippen LogP contribution in [0.1, 0.15) is 62.4 Å². The van der Waals surface area contributed by atoms with Crippen LogP contribution in [-0.2, 0) is 23.7 Å². The predicted molar refractivity (Wildman–Crippen MR) is 220 cm³/mol. The van der Waals surface area contributed by atoms with Gasteiger partial charge in [0.05, 0.1) is 24.0 Å². The maximum Gasteiger partial charge on any atom is 0.259 e. The van der Waals surface area contributed by atoms with E-state index in [1.54, 1.807) is 0 Å². The largest absolute Gasteiger partial charge is 0.259 e. The number of benzene rings is 6. The maximum absolute atomic E-state index is 2.53. The fourth-order valence-electron chi connectivity index (χ4n) is 9.88. The molecular weight excluding hydrogens is 641 g/mol. The van der Waals surface area contributed by atoms with Gasteiger partial charge in [0.2, 0.25) is 11.4 Å². The molecule has 0 saturated carbocycles. The number of allylic oxidation sites excluding steroid dienone is 2. The first kappa shape index (κ1) is 30.7. The van der Waals surface area contributed by atoms with E-state index in [1.165, 1.54) is 105 Å². The van der Waals surface area contributed by atoms with Crippen LogP contribution in [0.3, 0.4) is 0 Å². The Bertz CT molecular complexity index is 2950. The minimum atomic E-state index is -0.0493. The number of nitrogens with zero attached hydrogens (tertiary/aromatic N) is 2. The van der Waals surface area contributed by atoms with Gasteiger partial charge in [-0.3, -0.25) is 0 Å². The topological polar surface area (TPSA) is 7.76 Å². The molecule has 6 aromatic carbocycles. The summed E-state index contributed by atoms with van der Waals surface area (Å²) in [6.07, 6.45) is 6.36. The minimum absolute atomic E-state index is 0.0336. The second-order valence-electron chi connectivity index (χ2n) is 17.0. The van der Waals surface area contributed by atoms with E-state index in [2.05, 4.69) is 184 Å². The van der Waals surface area contributed by atoms with Crippen molar-refractivity contribution in [3.05, 3.63) is 168 Å². The summed E-state index contributed by atoms with van der Waals surface area (Å²) >= 11 is 0. The molecule has 53 heavy (non-hydrogen) atoms. The lowest BCUT2D eigenvalue weighted by atomic mass is 9.79. The van der Waals surface area contributed by atoms with Crippen molar-refractivity contribution in [1.29, 1.82) is 0 Å². The molecule has 2 aliphatic heterocycles. The first-order valence-corrected chi connectivity index (χ1v) is 19.1. The molecule has 4 heterocycles. The molecule has 0 bridgehead atoms. The lowest BCUT2D eigenvalue weighted by Gasteiger charge is -2.26. The van der Waals surface area contributed by atoms with Crippen molar-refractivity contribution in [2.24, 2.45) is 0 Å². The van der Waals surface area contributed by atoms with Gasteiger partial charge in [0.1, 0.15) is 0 Å². The van der Waals surface area contributed by atoms with Crippen molar-refractivity contribution in [1.82, 2.24) is 0 Å². The third-order valence-electron chi connectivity index (χ3n) is 12.6. The summed E-state index contributed by atoms with van der Waals surface area (Å²) in [5.74, 6) is 0. The molecule has 254 valence electrons. The fourth-order valence-corrected chi connectivity index (χ4v) is 9.88. The highest BCUT2D eigenvalue weighted by Gasteiger charge is 2.42.